The number of rotatable bonds is 24. The van der Waals surface area contributed by atoms with E-state index in [1.165, 1.54) is 54.4 Å². The van der Waals surface area contributed by atoms with Gasteiger partial charge in [-0.3, -0.25) is 0 Å². The molecular weight excluding hydrogens is 533 g/mol. The Hall–Kier alpha value is 0.0475. The van der Waals surface area contributed by atoms with Crippen molar-refractivity contribution in [1.82, 2.24) is 0 Å². The highest BCUT2D eigenvalue weighted by atomic mass is 28.5. The van der Waals surface area contributed by atoms with E-state index in [2.05, 4.69) is 80.4 Å². The molecule has 0 spiro atoms. The van der Waals surface area contributed by atoms with Crippen LogP contribution in [0.2, 0.25) is 54.4 Å². The van der Waals surface area contributed by atoms with Gasteiger partial charge in [-0.25, -0.2) is 0 Å². The van der Waals surface area contributed by atoms with Gasteiger partial charge in [-0.1, -0.05) is 133 Å². The number of hydrogen-bond acceptors (Lipinski definition) is 3. The number of hydrogen-bond donors (Lipinski definition) is 0. The summed E-state index contributed by atoms with van der Waals surface area (Å²) in [5, 5.41) is 0. The molecule has 0 N–H and O–H groups in total. The topological polar surface area (TPSA) is 27.7 Å². The molecule has 0 saturated carbocycles. The number of allylic oxidation sites excluding steroid dienone is 1. The van der Waals surface area contributed by atoms with Crippen LogP contribution < -0.4 is 0 Å². The van der Waals surface area contributed by atoms with Gasteiger partial charge in [-0.15, -0.1) is 0 Å². The molecule has 0 bridgehead atoms. The lowest BCUT2D eigenvalue weighted by Gasteiger charge is -2.47. The SMILES string of the molecule is C=CC#C[Si](O[Si](CCC)(CCC)CCC)(O[Si](CCC)(CCC)CCC)O[Si](CCC)(CCC)CCC. The van der Waals surface area contributed by atoms with Gasteiger partial charge in [-0.2, -0.15) is 0 Å². The molecule has 0 aromatic heterocycles. The summed E-state index contributed by atoms with van der Waals surface area (Å²) in [5.41, 5.74) is 3.68. The third-order valence-electron chi connectivity index (χ3n) is 7.73. The molecule has 0 fully saturated rings. The van der Waals surface area contributed by atoms with Crippen molar-refractivity contribution in [2.24, 2.45) is 0 Å². The third kappa shape index (κ3) is 12.7. The Labute approximate surface area is 244 Å². The average Bonchev–Trinajstić information content (AvgIpc) is 2.84. The summed E-state index contributed by atoms with van der Waals surface area (Å²) in [5.74, 6) is 3.30. The van der Waals surface area contributed by atoms with Crippen molar-refractivity contribution in [2.75, 3.05) is 0 Å². The maximum absolute atomic E-state index is 7.72. The van der Waals surface area contributed by atoms with E-state index in [0.717, 1.165) is 57.8 Å². The Balaban J connectivity index is 7.37. The van der Waals surface area contributed by atoms with E-state index in [0.29, 0.717) is 0 Å². The maximum atomic E-state index is 7.72. The Morgan fingerprint density at radius 3 is 0.816 bits per heavy atom. The minimum Gasteiger partial charge on any atom is -0.407 e. The molecule has 0 aromatic rings. The van der Waals surface area contributed by atoms with Crippen LogP contribution in [-0.2, 0) is 12.3 Å². The van der Waals surface area contributed by atoms with Crippen molar-refractivity contribution in [2.45, 2.75) is 174 Å². The highest BCUT2D eigenvalue weighted by Gasteiger charge is 2.56. The van der Waals surface area contributed by atoms with Crippen molar-refractivity contribution in [3.8, 4) is 11.5 Å². The molecule has 0 rings (SSSR count). The predicted octanol–water partition coefficient (Wildman–Crippen LogP) is 11.2. The van der Waals surface area contributed by atoms with Gasteiger partial charge in [0, 0.05) is 0 Å². The summed E-state index contributed by atoms with van der Waals surface area (Å²) >= 11 is 0. The monoisotopic (exact) mass is 598 g/mol. The Bertz CT molecular complexity index is 553. The zero-order chi connectivity index (χ0) is 29.0. The van der Waals surface area contributed by atoms with Gasteiger partial charge >= 0.3 is 8.80 Å². The van der Waals surface area contributed by atoms with Crippen LogP contribution in [0.1, 0.15) is 120 Å². The van der Waals surface area contributed by atoms with Crippen molar-refractivity contribution >= 4 is 33.8 Å². The molecular formula is C31H66O3Si4. The van der Waals surface area contributed by atoms with E-state index in [1.807, 2.05) is 0 Å². The largest absolute Gasteiger partial charge is 0.560 e. The van der Waals surface area contributed by atoms with E-state index in [1.54, 1.807) is 6.08 Å². The molecule has 0 atom stereocenters. The second kappa shape index (κ2) is 20.9. The third-order valence-corrected chi connectivity index (χ3v) is 29.3. The van der Waals surface area contributed by atoms with Gasteiger partial charge < -0.3 is 12.3 Å². The van der Waals surface area contributed by atoms with Crippen LogP contribution >= 0.6 is 0 Å². The standard InChI is InChI=1S/C31H66O3Si4/c1-11-21-31-38(32-35(22-12-2,23-13-3)24-14-4,33-36(25-15-5,26-16-6)27-17-7)34-37(28-18-8,29-19-9)30-20-10/h11H,1,12-20,22-30H2,2-10H3. The van der Waals surface area contributed by atoms with E-state index in [-0.39, 0.29) is 0 Å². The Morgan fingerprint density at radius 2 is 0.658 bits per heavy atom. The van der Waals surface area contributed by atoms with E-state index < -0.39 is 33.8 Å². The predicted molar refractivity (Wildman–Crippen MR) is 180 cm³/mol. The van der Waals surface area contributed by atoms with Gasteiger partial charge in [0.05, 0.1) is 0 Å². The first-order chi connectivity index (χ1) is 18.2. The lowest BCUT2D eigenvalue weighted by atomic mass is 10.6. The van der Waals surface area contributed by atoms with Crippen LogP contribution in [0.15, 0.2) is 12.7 Å². The van der Waals surface area contributed by atoms with Gasteiger partial charge in [0.25, 0.3) is 0 Å². The molecule has 3 nitrogen and oxygen atoms in total. The summed E-state index contributed by atoms with van der Waals surface area (Å²) in [4.78, 5) is 0. The van der Waals surface area contributed by atoms with Crippen molar-refractivity contribution < 1.29 is 12.3 Å². The first kappa shape index (κ1) is 38.0. The normalized spacial score (nSPS) is 12.9. The van der Waals surface area contributed by atoms with Gasteiger partial charge in [0.2, 0.25) is 0 Å². The van der Waals surface area contributed by atoms with E-state index in [9.17, 15) is 0 Å². The molecule has 7 heteroatoms. The minimum absolute atomic E-state index is 1.16. The fraction of sp³-hybridized carbons (Fsp3) is 0.871. The Morgan fingerprint density at radius 1 is 0.447 bits per heavy atom. The van der Waals surface area contributed by atoms with Crippen molar-refractivity contribution in [1.29, 1.82) is 0 Å². The molecule has 0 amide bonds. The van der Waals surface area contributed by atoms with E-state index in [4.69, 9.17) is 12.3 Å². The minimum atomic E-state index is -3.31. The van der Waals surface area contributed by atoms with Crippen LogP contribution in [0.25, 0.3) is 0 Å². The fourth-order valence-electron chi connectivity index (χ4n) is 6.82. The van der Waals surface area contributed by atoms with Crippen molar-refractivity contribution in [3.63, 3.8) is 0 Å². The van der Waals surface area contributed by atoms with Gasteiger partial charge in [-0.05, 0) is 66.0 Å². The second-order valence-electron chi connectivity index (χ2n) is 11.6. The summed E-state index contributed by atoms with van der Waals surface area (Å²) in [6.45, 7) is 24.9. The molecule has 0 aliphatic carbocycles. The molecule has 0 saturated heterocycles. The zero-order valence-corrected chi connectivity index (χ0v) is 31.2. The molecule has 0 heterocycles. The first-order valence-corrected chi connectivity index (χ1v) is 25.8. The van der Waals surface area contributed by atoms with Crippen LogP contribution in [0.4, 0.5) is 0 Å². The van der Waals surface area contributed by atoms with Crippen LogP contribution in [0, 0.1) is 11.5 Å². The summed E-state index contributed by atoms with van der Waals surface area (Å²) in [6.07, 6.45) is 12.2. The Kier molecular flexibility index (Phi) is 20.9. The highest BCUT2D eigenvalue weighted by Crippen LogP contribution is 2.40. The zero-order valence-electron chi connectivity index (χ0n) is 27.2. The quantitative estimate of drug-likeness (QED) is 0.0817. The van der Waals surface area contributed by atoms with E-state index >= 15 is 0 Å². The van der Waals surface area contributed by atoms with Gasteiger partial charge in [0.15, 0.2) is 25.0 Å². The smallest absolute Gasteiger partial charge is 0.407 e. The highest BCUT2D eigenvalue weighted by molar-refractivity contribution is 6.95. The van der Waals surface area contributed by atoms with Crippen LogP contribution in [0.3, 0.4) is 0 Å². The molecule has 224 valence electrons. The summed E-state index contributed by atoms with van der Waals surface area (Å²) in [6, 6.07) is 10.6. The van der Waals surface area contributed by atoms with Crippen LogP contribution in [-0.4, -0.2) is 33.8 Å². The molecule has 0 aliphatic rings. The molecule has 0 aromatic carbocycles. The lowest BCUT2D eigenvalue weighted by molar-refractivity contribution is 0.257. The fourth-order valence-corrected chi connectivity index (χ4v) is 30.3. The average molecular weight is 599 g/mol. The summed E-state index contributed by atoms with van der Waals surface area (Å²) < 4.78 is 23.2. The first-order valence-electron chi connectivity index (χ1n) is 16.5. The molecule has 0 aliphatic heterocycles. The van der Waals surface area contributed by atoms with Crippen LogP contribution in [0.5, 0.6) is 0 Å². The lowest BCUT2D eigenvalue weighted by Crippen LogP contribution is -2.64. The second-order valence-corrected chi connectivity index (χ2v) is 27.0. The van der Waals surface area contributed by atoms with Crippen molar-refractivity contribution in [3.05, 3.63) is 12.7 Å². The summed E-state index contributed by atoms with van der Waals surface area (Å²) in [7, 11) is -9.60. The molecule has 38 heavy (non-hydrogen) atoms. The maximum Gasteiger partial charge on any atom is 0.560 e. The molecule has 0 unspecified atom stereocenters. The molecule has 0 radical (unpaired) electrons. The van der Waals surface area contributed by atoms with Gasteiger partial charge in [0.1, 0.15) is 0 Å².